The van der Waals surface area contributed by atoms with Gasteiger partial charge in [0, 0.05) is 25.4 Å². The minimum atomic E-state index is -0.317. The van der Waals surface area contributed by atoms with Crippen LogP contribution in [-0.2, 0) is 16.1 Å². The predicted octanol–water partition coefficient (Wildman–Crippen LogP) is 3.34. The highest BCUT2D eigenvalue weighted by Gasteiger charge is 2.33. The first-order chi connectivity index (χ1) is 12.5. The third-order valence-corrected chi connectivity index (χ3v) is 5.18. The molecule has 140 valence electrons. The number of piperidine rings is 1. The van der Waals surface area contributed by atoms with E-state index >= 15 is 0 Å². The molecule has 2 heterocycles. The quantitative estimate of drug-likeness (QED) is 0.828. The molecule has 0 N–H and O–H groups in total. The molecule has 2 aliphatic rings. The lowest BCUT2D eigenvalue weighted by atomic mass is 9.92. The molecule has 0 spiro atoms. The molecule has 0 aliphatic carbocycles. The summed E-state index contributed by atoms with van der Waals surface area (Å²) < 4.78 is 13.1. The molecule has 1 saturated heterocycles. The number of benzene rings is 1. The molecule has 0 bridgehead atoms. The Morgan fingerprint density at radius 3 is 2.65 bits per heavy atom. The van der Waals surface area contributed by atoms with Crippen LogP contribution in [0.4, 0.5) is 4.39 Å². The van der Waals surface area contributed by atoms with Crippen LogP contribution in [0.5, 0.6) is 0 Å². The summed E-state index contributed by atoms with van der Waals surface area (Å²) in [6, 6.07) is 6.23. The second-order valence-electron chi connectivity index (χ2n) is 7.43. The van der Waals surface area contributed by atoms with Crippen molar-refractivity contribution in [3.63, 3.8) is 0 Å². The molecule has 1 fully saturated rings. The molecule has 0 radical (unpaired) electrons. The molecule has 2 aliphatic heterocycles. The first kappa shape index (κ1) is 18.5. The summed E-state index contributed by atoms with van der Waals surface area (Å²) in [4.78, 5) is 27.2. The van der Waals surface area contributed by atoms with E-state index in [1.807, 2.05) is 4.90 Å². The highest BCUT2D eigenvalue weighted by Crippen LogP contribution is 2.25. The van der Waals surface area contributed by atoms with Crippen LogP contribution in [0.2, 0.25) is 0 Å². The zero-order valence-corrected chi connectivity index (χ0v) is 15.4. The monoisotopic (exact) mass is 359 g/mol. The molecular weight excluding hydrogens is 333 g/mol. The Bertz CT molecular complexity index is 700. The number of hydrazone groups is 1. The van der Waals surface area contributed by atoms with Gasteiger partial charge >= 0.3 is 0 Å². The number of hydrogen-bond donors (Lipinski definition) is 0. The predicted molar refractivity (Wildman–Crippen MR) is 97.8 cm³/mol. The Balaban J connectivity index is 1.76. The summed E-state index contributed by atoms with van der Waals surface area (Å²) in [5.74, 6) is -0.0618. The van der Waals surface area contributed by atoms with Gasteiger partial charge in [-0.2, -0.15) is 5.10 Å². The van der Waals surface area contributed by atoms with Gasteiger partial charge in [0.2, 0.25) is 5.91 Å². The molecule has 1 atom stereocenters. The Morgan fingerprint density at radius 2 is 1.96 bits per heavy atom. The van der Waals surface area contributed by atoms with Crippen molar-refractivity contribution in [2.75, 3.05) is 6.54 Å². The van der Waals surface area contributed by atoms with E-state index in [9.17, 15) is 14.0 Å². The first-order valence-electron chi connectivity index (χ1n) is 9.39. The lowest BCUT2D eigenvalue weighted by Crippen LogP contribution is -2.50. The van der Waals surface area contributed by atoms with Crippen molar-refractivity contribution < 1.29 is 14.0 Å². The number of carbonyl (C=O) groups excluding carboxylic acids is 2. The Labute approximate surface area is 153 Å². The summed E-state index contributed by atoms with van der Waals surface area (Å²) in [5, 5.41) is 5.71. The number of carbonyl (C=O) groups is 2. The summed E-state index contributed by atoms with van der Waals surface area (Å²) >= 11 is 0. The molecule has 26 heavy (non-hydrogen) atoms. The van der Waals surface area contributed by atoms with Gasteiger partial charge < -0.3 is 4.90 Å². The van der Waals surface area contributed by atoms with Gasteiger partial charge in [0.1, 0.15) is 11.5 Å². The molecule has 3 rings (SSSR count). The number of amides is 2. The third kappa shape index (κ3) is 4.11. The van der Waals surface area contributed by atoms with Crippen LogP contribution >= 0.6 is 0 Å². The zero-order valence-electron chi connectivity index (χ0n) is 15.4. The molecular formula is C20H26FN3O2. The van der Waals surface area contributed by atoms with Gasteiger partial charge in [-0.3, -0.25) is 9.59 Å². The van der Waals surface area contributed by atoms with Crippen molar-refractivity contribution >= 4 is 17.5 Å². The van der Waals surface area contributed by atoms with Gasteiger partial charge in [-0.15, -0.1) is 0 Å². The van der Waals surface area contributed by atoms with E-state index in [4.69, 9.17) is 0 Å². The fraction of sp³-hybridized carbons (Fsp3) is 0.550. The largest absolute Gasteiger partial charge is 0.334 e. The van der Waals surface area contributed by atoms with E-state index in [0.717, 1.165) is 31.4 Å². The van der Waals surface area contributed by atoms with Crippen LogP contribution in [0.3, 0.4) is 0 Å². The van der Waals surface area contributed by atoms with Crippen LogP contribution in [0.1, 0.15) is 51.5 Å². The van der Waals surface area contributed by atoms with E-state index in [1.165, 1.54) is 17.1 Å². The second kappa shape index (κ2) is 7.98. The average Bonchev–Trinajstić information content (AvgIpc) is 2.64. The molecule has 5 nitrogen and oxygen atoms in total. The summed E-state index contributed by atoms with van der Waals surface area (Å²) in [6.45, 7) is 5.29. The Morgan fingerprint density at radius 1 is 1.23 bits per heavy atom. The highest BCUT2D eigenvalue weighted by molar-refractivity contribution is 6.39. The summed E-state index contributed by atoms with van der Waals surface area (Å²) in [5.41, 5.74) is 1.24. The maximum absolute atomic E-state index is 13.1. The van der Waals surface area contributed by atoms with Crippen molar-refractivity contribution in [2.24, 2.45) is 11.0 Å². The third-order valence-electron chi connectivity index (χ3n) is 5.18. The molecule has 1 aromatic carbocycles. The standard InChI is InChI=1S/C20H26FN3O2/c1-14(2)18-5-3-4-12-23(18)20(26)17-10-11-19(25)24(22-17)13-15-6-8-16(21)9-7-15/h6-9,14,18H,3-5,10-13H2,1-2H3. The summed E-state index contributed by atoms with van der Waals surface area (Å²) in [7, 11) is 0. The molecule has 2 amide bonds. The van der Waals surface area contributed by atoms with E-state index < -0.39 is 0 Å². The van der Waals surface area contributed by atoms with E-state index in [2.05, 4.69) is 18.9 Å². The SMILES string of the molecule is CC(C)C1CCCCN1C(=O)C1=NN(Cc2ccc(F)cc2)C(=O)CC1. The molecule has 1 unspecified atom stereocenters. The van der Waals surface area contributed by atoms with Gasteiger partial charge in [0.25, 0.3) is 5.91 Å². The van der Waals surface area contributed by atoms with Crippen molar-refractivity contribution in [1.82, 2.24) is 9.91 Å². The minimum absolute atomic E-state index is 0.0417. The van der Waals surface area contributed by atoms with Crippen LogP contribution in [-0.4, -0.2) is 40.0 Å². The summed E-state index contributed by atoms with van der Waals surface area (Å²) in [6.07, 6.45) is 3.86. The van der Waals surface area contributed by atoms with Gasteiger partial charge in [-0.1, -0.05) is 26.0 Å². The number of hydrogen-bond acceptors (Lipinski definition) is 3. The molecule has 1 aromatic rings. The van der Waals surface area contributed by atoms with Crippen LogP contribution < -0.4 is 0 Å². The van der Waals surface area contributed by atoms with Gasteiger partial charge in [0.15, 0.2) is 0 Å². The number of rotatable bonds is 4. The van der Waals surface area contributed by atoms with Crippen LogP contribution in [0.15, 0.2) is 29.4 Å². The van der Waals surface area contributed by atoms with E-state index in [-0.39, 0.29) is 36.6 Å². The van der Waals surface area contributed by atoms with E-state index in [1.54, 1.807) is 12.1 Å². The fourth-order valence-corrected chi connectivity index (χ4v) is 3.71. The van der Waals surface area contributed by atoms with Gasteiger partial charge in [-0.25, -0.2) is 9.40 Å². The van der Waals surface area contributed by atoms with Crippen LogP contribution in [0, 0.1) is 11.7 Å². The number of halogens is 1. The molecule has 6 heteroatoms. The fourth-order valence-electron chi connectivity index (χ4n) is 3.71. The normalized spacial score (nSPS) is 21.2. The van der Waals surface area contributed by atoms with Crippen molar-refractivity contribution in [2.45, 2.75) is 58.5 Å². The van der Waals surface area contributed by atoms with Crippen LogP contribution in [0.25, 0.3) is 0 Å². The number of nitrogens with zero attached hydrogens (tertiary/aromatic N) is 3. The minimum Gasteiger partial charge on any atom is -0.334 e. The Kier molecular flexibility index (Phi) is 5.69. The lowest BCUT2D eigenvalue weighted by molar-refractivity contribution is -0.133. The smallest absolute Gasteiger partial charge is 0.270 e. The van der Waals surface area contributed by atoms with Crippen molar-refractivity contribution in [1.29, 1.82) is 0 Å². The zero-order chi connectivity index (χ0) is 18.7. The maximum Gasteiger partial charge on any atom is 0.270 e. The average molecular weight is 359 g/mol. The maximum atomic E-state index is 13.1. The lowest BCUT2D eigenvalue weighted by Gasteiger charge is -2.39. The highest BCUT2D eigenvalue weighted by atomic mass is 19.1. The van der Waals surface area contributed by atoms with Gasteiger partial charge in [-0.05, 0) is 42.9 Å². The Hall–Kier alpha value is -2.24. The number of likely N-dealkylation sites (tertiary alicyclic amines) is 1. The van der Waals surface area contributed by atoms with E-state index in [0.29, 0.717) is 18.1 Å². The second-order valence-corrected chi connectivity index (χ2v) is 7.43. The first-order valence-corrected chi connectivity index (χ1v) is 9.39. The topological polar surface area (TPSA) is 53.0 Å². The van der Waals surface area contributed by atoms with Crippen molar-refractivity contribution in [3.05, 3.63) is 35.6 Å². The van der Waals surface area contributed by atoms with Gasteiger partial charge in [0.05, 0.1) is 6.54 Å². The molecule has 0 aromatic heterocycles. The molecule has 0 saturated carbocycles. The van der Waals surface area contributed by atoms with Crippen molar-refractivity contribution in [3.8, 4) is 0 Å².